The summed E-state index contributed by atoms with van der Waals surface area (Å²) in [6, 6.07) is 5.81. The largest absolute Gasteiger partial charge is 0.467 e. The standard InChI is InChI=1S/C18H26O4/c1-13-7-5-8-14(15(13)22-12-21-4)18(11-19)10-6-9-17(2,3)16(18)20/h5-9,16,19-20H,10-12H2,1-4H3/t16-,18-/m1/s1. The highest BCUT2D eigenvalue weighted by Gasteiger charge is 2.48. The van der Waals surface area contributed by atoms with Gasteiger partial charge in [0.1, 0.15) is 5.75 Å². The molecule has 0 amide bonds. The van der Waals surface area contributed by atoms with Crippen molar-refractivity contribution in [3.8, 4) is 5.75 Å². The second-order valence-electron chi connectivity index (χ2n) is 6.65. The quantitative estimate of drug-likeness (QED) is 0.648. The number of hydrogen-bond acceptors (Lipinski definition) is 4. The van der Waals surface area contributed by atoms with E-state index in [1.54, 1.807) is 7.11 Å². The Bertz CT molecular complexity index is 550. The first kappa shape index (κ1) is 17.0. The zero-order valence-corrected chi connectivity index (χ0v) is 13.8. The molecular formula is C18H26O4. The lowest BCUT2D eigenvalue weighted by atomic mass is 9.61. The normalized spacial score (nSPS) is 26.9. The summed E-state index contributed by atoms with van der Waals surface area (Å²) in [6.07, 6.45) is 3.91. The summed E-state index contributed by atoms with van der Waals surface area (Å²) < 4.78 is 10.8. The molecular weight excluding hydrogens is 280 g/mol. The fourth-order valence-corrected chi connectivity index (χ4v) is 3.34. The average Bonchev–Trinajstić information content (AvgIpc) is 2.49. The molecule has 1 aliphatic carbocycles. The number of aliphatic hydroxyl groups excluding tert-OH is 2. The average molecular weight is 306 g/mol. The van der Waals surface area contributed by atoms with Crippen molar-refractivity contribution in [2.45, 2.75) is 38.7 Å². The number of aliphatic hydroxyl groups is 2. The Morgan fingerprint density at radius 3 is 2.68 bits per heavy atom. The zero-order chi connectivity index (χ0) is 16.4. The summed E-state index contributed by atoms with van der Waals surface area (Å²) in [7, 11) is 1.57. The minimum absolute atomic E-state index is 0.134. The summed E-state index contributed by atoms with van der Waals surface area (Å²) in [6.45, 7) is 5.89. The minimum Gasteiger partial charge on any atom is -0.467 e. The molecule has 1 aromatic carbocycles. The van der Waals surface area contributed by atoms with Crippen LogP contribution < -0.4 is 4.74 Å². The number of hydrogen-bond donors (Lipinski definition) is 2. The SMILES string of the molecule is COCOc1c(C)cccc1[C@]1(CO)CC=CC(C)(C)[C@H]1O. The van der Waals surface area contributed by atoms with Crippen molar-refractivity contribution in [2.75, 3.05) is 20.5 Å². The highest BCUT2D eigenvalue weighted by Crippen LogP contribution is 2.47. The maximum Gasteiger partial charge on any atom is 0.188 e. The third kappa shape index (κ3) is 2.78. The molecule has 0 aromatic heterocycles. The second kappa shape index (κ2) is 6.41. The lowest BCUT2D eigenvalue weighted by Crippen LogP contribution is -2.52. The molecule has 0 bridgehead atoms. The Hall–Kier alpha value is -1.36. The number of aryl methyl sites for hydroxylation is 1. The van der Waals surface area contributed by atoms with Crippen LogP contribution in [0.25, 0.3) is 0 Å². The first-order chi connectivity index (χ1) is 10.4. The summed E-state index contributed by atoms with van der Waals surface area (Å²) in [5, 5.41) is 21.1. The molecule has 0 spiro atoms. The van der Waals surface area contributed by atoms with E-state index >= 15 is 0 Å². The Morgan fingerprint density at radius 2 is 2.05 bits per heavy atom. The van der Waals surface area contributed by atoms with E-state index < -0.39 is 16.9 Å². The third-order valence-electron chi connectivity index (χ3n) is 4.61. The number of para-hydroxylation sites is 1. The van der Waals surface area contributed by atoms with E-state index in [0.29, 0.717) is 12.2 Å². The smallest absolute Gasteiger partial charge is 0.188 e. The van der Waals surface area contributed by atoms with E-state index in [-0.39, 0.29) is 13.4 Å². The molecule has 0 fully saturated rings. The maximum atomic E-state index is 10.9. The Balaban J connectivity index is 2.57. The molecule has 4 heteroatoms. The maximum absolute atomic E-state index is 10.9. The summed E-state index contributed by atoms with van der Waals surface area (Å²) in [4.78, 5) is 0. The fraction of sp³-hybridized carbons (Fsp3) is 0.556. The predicted molar refractivity (Wildman–Crippen MR) is 86.0 cm³/mol. The number of allylic oxidation sites excluding steroid dienone is 1. The molecule has 22 heavy (non-hydrogen) atoms. The van der Waals surface area contributed by atoms with Gasteiger partial charge in [-0.2, -0.15) is 0 Å². The molecule has 0 radical (unpaired) electrons. The highest BCUT2D eigenvalue weighted by atomic mass is 16.7. The molecule has 0 unspecified atom stereocenters. The molecule has 0 saturated heterocycles. The van der Waals surface area contributed by atoms with Gasteiger partial charge in [0.25, 0.3) is 0 Å². The van der Waals surface area contributed by atoms with Crippen LogP contribution in [0.3, 0.4) is 0 Å². The van der Waals surface area contributed by atoms with Crippen LogP contribution in [0, 0.1) is 12.3 Å². The Kier molecular flexibility index (Phi) is 4.95. The van der Waals surface area contributed by atoms with Crippen molar-refractivity contribution < 1.29 is 19.7 Å². The van der Waals surface area contributed by atoms with Gasteiger partial charge in [0, 0.05) is 18.1 Å². The molecule has 1 aliphatic rings. The molecule has 4 nitrogen and oxygen atoms in total. The van der Waals surface area contributed by atoms with Gasteiger partial charge in [-0.05, 0) is 18.9 Å². The number of ether oxygens (including phenoxy) is 2. The summed E-state index contributed by atoms with van der Waals surface area (Å²) in [5.41, 5.74) is 0.607. The van der Waals surface area contributed by atoms with Crippen LogP contribution in [-0.2, 0) is 10.2 Å². The van der Waals surface area contributed by atoms with Gasteiger partial charge < -0.3 is 19.7 Å². The van der Waals surface area contributed by atoms with Gasteiger partial charge in [-0.25, -0.2) is 0 Å². The van der Waals surface area contributed by atoms with Crippen LogP contribution in [-0.4, -0.2) is 36.8 Å². The van der Waals surface area contributed by atoms with Crippen LogP contribution in [0.4, 0.5) is 0 Å². The van der Waals surface area contributed by atoms with Gasteiger partial charge in [0.05, 0.1) is 18.1 Å². The Labute approximate surface area is 132 Å². The molecule has 0 aliphatic heterocycles. The van der Waals surface area contributed by atoms with Crippen molar-refractivity contribution in [2.24, 2.45) is 5.41 Å². The van der Waals surface area contributed by atoms with Crippen molar-refractivity contribution in [3.63, 3.8) is 0 Å². The Morgan fingerprint density at radius 1 is 1.32 bits per heavy atom. The van der Waals surface area contributed by atoms with Crippen molar-refractivity contribution in [1.29, 1.82) is 0 Å². The summed E-state index contributed by atoms with van der Waals surface area (Å²) >= 11 is 0. The molecule has 2 atom stereocenters. The van der Waals surface area contributed by atoms with E-state index in [1.807, 2.05) is 51.1 Å². The minimum atomic E-state index is -0.770. The molecule has 2 rings (SSSR count). The number of rotatable bonds is 5. The van der Waals surface area contributed by atoms with E-state index in [9.17, 15) is 10.2 Å². The van der Waals surface area contributed by atoms with Crippen molar-refractivity contribution in [3.05, 3.63) is 41.5 Å². The van der Waals surface area contributed by atoms with Gasteiger partial charge in [-0.1, -0.05) is 44.2 Å². The fourth-order valence-electron chi connectivity index (χ4n) is 3.34. The van der Waals surface area contributed by atoms with Crippen LogP contribution >= 0.6 is 0 Å². The molecule has 0 heterocycles. The van der Waals surface area contributed by atoms with Gasteiger partial charge in [0.15, 0.2) is 6.79 Å². The van der Waals surface area contributed by atoms with Gasteiger partial charge in [-0.3, -0.25) is 0 Å². The van der Waals surface area contributed by atoms with E-state index in [1.165, 1.54) is 0 Å². The van der Waals surface area contributed by atoms with Gasteiger partial charge in [0.2, 0.25) is 0 Å². The lowest BCUT2D eigenvalue weighted by Gasteiger charge is -2.46. The third-order valence-corrected chi connectivity index (χ3v) is 4.61. The highest BCUT2D eigenvalue weighted by molar-refractivity contribution is 5.48. The van der Waals surface area contributed by atoms with Crippen LogP contribution in [0.1, 0.15) is 31.4 Å². The first-order valence-corrected chi connectivity index (χ1v) is 7.57. The van der Waals surface area contributed by atoms with Crippen LogP contribution in [0.2, 0.25) is 0 Å². The van der Waals surface area contributed by atoms with E-state index in [2.05, 4.69) is 0 Å². The van der Waals surface area contributed by atoms with Crippen LogP contribution in [0.5, 0.6) is 5.75 Å². The molecule has 0 saturated carbocycles. The second-order valence-corrected chi connectivity index (χ2v) is 6.65. The predicted octanol–water partition coefficient (Wildman–Crippen LogP) is 2.55. The first-order valence-electron chi connectivity index (χ1n) is 7.57. The topological polar surface area (TPSA) is 58.9 Å². The number of methoxy groups -OCH3 is 1. The van der Waals surface area contributed by atoms with Crippen LogP contribution in [0.15, 0.2) is 30.4 Å². The summed E-state index contributed by atoms with van der Waals surface area (Å²) in [5.74, 6) is 0.684. The monoisotopic (exact) mass is 306 g/mol. The zero-order valence-electron chi connectivity index (χ0n) is 13.8. The lowest BCUT2D eigenvalue weighted by molar-refractivity contribution is -0.0293. The van der Waals surface area contributed by atoms with Crippen molar-refractivity contribution in [1.82, 2.24) is 0 Å². The van der Waals surface area contributed by atoms with E-state index in [4.69, 9.17) is 9.47 Å². The van der Waals surface area contributed by atoms with E-state index in [0.717, 1.165) is 11.1 Å². The van der Waals surface area contributed by atoms with Crippen molar-refractivity contribution >= 4 is 0 Å². The molecule has 2 N–H and O–H groups in total. The number of benzene rings is 1. The molecule has 122 valence electrons. The van der Waals surface area contributed by atoms with Gasteiger partial charge >= 0.3 is 0 Å². The molecule has 1 aromatic rings. The van der Waals surface area contributed by atoms with Gasteiger partial charge in [-0.15, -0.1) is 0 Å².